The van der Waals surface area contributed by atoms with Gasteiger partial charge in [-0.2, -0.15) is 13.2 Å². The number of aromatic nitrogens is 2. The van der Waals surface area contributed by atoms with Crippen LogP contribution >= 0.6 is 0 Å². The highest BCUT2D eigenvalue weighted by atomic mass is 19.4. The van der Waals surface area contributed by atoms with Gasteiger partial charge in [0.1, 0.15) is 0 Å². The third-order valence-corrected chi connectivity index (χ3v) is 5.23. The fourth-order valence-corrected chi connectivity index (χ4v) is 3.58. The van der Waals surface area contributed by atoms with Gasteiger partial charge in [0.15, 0.2) is 0 Å². The molecule has 2 aromatic rings. The first-order valence-corrected chi connectivity index (χ1v) is 8.84. The highest BCUT2D eigenvalue weighted by Gasteiger charge is 2.39. The molecule has 0 aliphatic carbocycles. The second kappa shape index (κ2) is 7.78. The van der Waals surface area contributed by atoms with Gasteiger partial charge in [0.25, 0.3) is 18.6 Å². The summed E-state index contributed by atoms with van der Waals surface area (Å²) in [4.78, 5) is 24.9. The average molecular weight is 400 g/mol. The molecule has 1 aliphatic heterocycles. The fourth-order valence-electron chi connectivity index (χ4n) is 3.58. The Morgan fingerprint density at radius 1 is 1.29 bits per heavy atom. The molecule has 3 rings (SSSR count). The van der Waals surface area contributed by atoms with E-state index in [9.17, 15) is 27.9 Å². The zero-order valence-corrected chi connectivity index (χ0v) is 15.0. The van der Waals surface area contributed by atoms with Crippen LogP contribution < -0.4 is 10.3 Å². The zero-order chi connectivity index (χ0) is 20.4. The van der Waals surface area contributed by atoms with E-state index in [1.54, 1.807) is 11.0 Å². The fraction of sp³-hybridized carbons (Fsp3) is 0.500. The van der Waals surface area contributed by atoms with E-state index in [4.69, 9.17) is 0 Å². The highest BCUT2D eigenvalue weighted by Crippen LogP contribution is 2.39. The molecular formula is C18H21F3N3O4+. The number of benzene rings is 1. The van der Waals surface area contributed by atoms with Crippen molar-refractivity contribution in [3.05, 3.63) is 52.0 Å². The molecule has 1 aliphatic rings. The van der Waals surface area contributed by atoms with Crippen LogP contribution in [0.2, 0.25) is 0 Å². The van der Waals surface area contributed by atoms with Gasteiger partial charge >= 0.3 is 11.8 Å². The summed E-state index contributed by atoms with van der Waals surface area (Å²) in [7, 11) is 0. The van der Waals surface area contributed by atoms with Crippen molar-refractivity contribution in [2.45, 2.75) is 32.0 Å². The summed E-state index contributed by atoms with van der Waals surface area (Å²) >= 11 is 0. The molecule has 7 nitrogen and oxygen atoms in total. The molecule has 0 saturated carbocycles. The molecule has 2 heterocycles. The number of hydrogen-bond acceptors (Lipinski definition) is 4. The molecule has 28 heavy (non-hydrogen) atoms. The molecule has 1 saturated heterocycles. The van der Waals surface area contributed by atoms with Crippen molar-refractivity contribution >= 4 is 5.91 Å². The quantitative estimate of drug-likeness (QED) is 0.736. The van der Waals surface area contributed by atoms with E-state index in [0.29, 0.717) is 25.9 Å². The van der Waals surface area contributed by atoms with E-state index in [1.807, 2.05) is 0 Å². The van der Waals surface area contributed by atoms with Crippen LogP contribution in [0.1, 0.15) is 24.0 Å². The van der Waals surface area contributed by atoms with E-state index in [1.165, 1.54) is 16.8 Å². The van der Waals surface area contributed by atoms with Crippen molar-refractivity contribution in [3.8, 4) is 0 Å². The van der Waals surface area contributed by atoms with Gasteiger partial charge in [-0.1, -0.05) is 22.9 Å². The van der Waals surface area contributed by atoms with Gasteiger partial charge < -0.3 is 10.0 Å². The van der Waals surface area contributed by atoms with Crippen molar-refractivity contribution < 1.29 is 32.3 Å². The van der Waals surface area contributed by atoms with Gasteiger partial charge in [0.05, 0.1) is 5.56 Å². The number of likely N-dealkylation sites (tertiary alicyclic amines) is 1. The van der Waals surface area contributed by atoms with Crippen LogP contribution in [0, 0.1) is 5.41 Å². The van der Waals surface area contributed by atoms with Crippen molar-refractivity contribution in [2.75, 3.05) is 19.7 Å². The molecule has 0 bridgehead atoms. The molecule has 0 radical (unpaired) electrons. The predicted molar refractivity (Wildman–Crippen MR) is 90.0 cm³/mol. The van der Waals surface area contributed by atoms with Gasteiger partial charge in [-0.05, 0) is 36.2 Å². The summed E-state index contributed by atoms with van der Waals surface area (Å²) in [5.74, 6) is -0.246. The molecule has 0 atom stereocenters. The van der Waals surface area contributed by atoms with E-state index < -0.39 is 22.8 Å². The van der Waals surface area contributed by atoms with E-state index in [0.717, 1.165) is 12.3 Å². The molecule has 1 aromatic carbocycles. The monoisotopic (exact) mass is 400 g/mol. The van der Waals surface area contributed by atoms with Crippen molar-refractivity contribution in [2.24, 2.45) is 5.41 Å². The SMILES string of the molecule is O=C(C[n+]1cc(=O)o[nH]1)N1CCC(CO)(Cc2ccccc2C(F)(F)F)CC1. The summed E-state index contributed by atoms with van der Waals surface area (Å²) in [5.41, 5.74) is -1.86. The van der Waals surface area contributed by atoms with Gasteiger partial charge in [-0.25, -0.2) is 4.79 Å². The van der Waals surface area contributed by atoms with E-state index in [2.05, 4.69) is 9.79 Å². The number of nitrogens with one attached hydrogen (secondary N) is 1. The molecule has 1 fully saturated rings. The van der Waals surface area contributed by atoms with Gasteiger partial charge in [-0.3, -0.25) is 9.32 Å². The molecular weight excluding hydrogens is 379 g/mol. The first-order chi connectivity index (χ1) is 13.2. The van der Waals surface area contributed by atoms with E-state index in [-0.39, 0.29) is 31.0 Å². The summed E-state index contributed by atoms with van der Waals surface area (Å²) in [5, 5.41) is 12.2. The Labute approximate surface area is 158 Å². The normalized spacial score (nSPS) is 16.9. The minimum atomic E-state index is -4.46. The van der Waals surface area contributed by atoms with Crippen molar-refractivity contribution in [1.82, 2.24) is 10.2 Å². The number of hydrogen-bond donors (Lipinski definition) is 2. The predicted octanol–water partition coefficient (Wildman–Crippen LogP) is 1.12. The number of aliphatic hydroxyl groups is 1. The first-order valence-electron chi connectivity index (χ1n) is 8.84. The average Bonchev–Trinajstić information content (AvgIpc) is 3.06. The third-order valence-electron chi connectivity index (χ3n) is 5.23. The van der Waals surface area contributed by atoms with E-state index >= 15 is 0 Å². The molecule has 152 valence electrons. The molecule has 0 unspecified atom stereocenters. The maximum atomic E-state index is 13.3. The van der Waals surface area contributed by atoms with Crippen molar-refractivity contribution in [1.29, 1.82) is 0 Å². The lowest BCUT2D eigenvalue weighted by Gasteiger charge is -2.40. The Morgan fingerprint density at radius 2 is 1.96 bits per heavy atom. The summed E-state index contributed by atoms with van der Waals surface area (Å²) in [6, 6.07) is 5.37. The van der Waals surface area contributed by atoms with Gasteiger partial charge in [-0.15, -0.1) is 0 Å². The largest absolute Gasteiger partial charge is 0.426 e. The molecule has 10 heteroatoms. The number of amides is 1. The Balaban J connectivity index is 1.67. The number of piperidine rings is 1. The summed E-state index contributed by atoms with van der Waals surface area (Å²) in [6.07, 6.45) is -2.48. The second-order valence-electron chi connectivity index (χ2n) is 7.14. The van der Waals surface area contributed by atoms with Crippen LogP contribution in [0.3, 0.4) is 0 Å². The lowest BCUT2D eigenvalue weighted by molar-refractivity contribution is -0.751. The Hall–Kier alpha value is -2.62. The maximum absolute atomic E-state index is 13.3. The van der Waals surface area contributed by atoms with Crippen LogP contribution in [0.5, 0.6) is 0 Å². The first kappa shape index (κ1) is 20.1. The Kier molecular flexibility index (Phi) is 5.59. The smallest absolute Gasteiger partial charge is 0.396 e. The minimum Gasteiger partial charge on any atom is -0.396 e. The van der Waals surface area contributed by atoms with Crippen LogP contribution in [0.4, 0.5) is 13.2 Å². The third kappa shape index (κ3) is 4.44. The molecule has 1 aromatic heterocycles. The van der Waals surface area contributed by atoms with Crippen LogP contribution in [0.15, 0.2) is 39.8 Å². The Morgan fingerprint density at radius 3 is 2.54 bits per heavy atom. The van der Waals surface area contributed by atoms with Gasteiger partial charge in [0, 0.05) is 25.1 Å². The van der Waals surface area contributed by atoms with Crippen LogP contribution in [-0.4, -0.2) is 40.9 Å². The number of rotatable bonds is 5. The number of alkyl halides is 3. The number of carbonyl (C=O) groups is 1. The van der Waals surface area contributed by atoms with Crippen LogP contribution in [0.25, 0.3) is 0 Å². The highest BCUT2D eigenvalue weighted by molar-refractivity contribution is 5.74. The zero-order valence-electron chi connectivity index (χ0n) is 15.0. The molecule has 1 amide bonds. The molecule has 0 spiro atoms. The lowest BCUT2D eigenvalue weighted by Crippen LogP contribution is -2.50. The maximum Gasteiger partial charge on any atom is 0.426 e. The second-order valence-corrected chi connectivity index (χ2v) is 7.14. The topological polar surface area (TPSA) is 90.4 Å². The van der Waals surface area contributed by atoms with Crippen molar-refractivity contribution in [3.63, 3.8) is 0 Å². The lowest BCUT2D eigenvalue weighted by atomic mass is 9.73. The number of aliphatic hydroxyl groups excluding tert-OH is 1. The number of carbonyl (C=O) groups excluding carboxylic acids is 1. The number of halogens is 3. The van der Waals surface area contributed by atoms with Gasteiger partial charge in [0.2, 0.25) is 0 Å². The summed E-state index contributed by atoms with van der Waals surface area (Å²) < 4.78 is 45.5. The van der Waals surface area contributed by atoms with Crippen LogP contribution in [-0.2, 0) is 23.9 Å². The summed E-state index contributed by atoms with van der Waals surface area (Å²) in [6.45, 7) is 0.270. The Bertz CT molecular complexity index is 882. The number of H-pyrrole nitrogens is 1. The standard InChI is InChI=1S/C18H20F3N3O4/c19-18(20,21)14-4-2-1-3-13(14)9-17(12-25)5-7-23(8-6-17)15(26)10-24-11-16(27)28-22-24/h1-4,11,25H,5-10,12H2/p+1. The number of nitrogens with zero attached hydrogens (tertiary/aromatic N) is 2. The minimum absolute atomic E-state index is 0.0883. The molecule has 2 N–H and O–H groups in total. The number of aromatic amines is 1.